The Bertz CT molecular complexity index is 2230. The van der Waals surface area contributed by atoms with Crippen molar-refractivity contribution in [2.24, 2.45) is 5.92 Å². The van der Waals surface area contributed by atoms with Gasteiger partial charge in [0, 0.05) is 23.6 Å². The van der Waals surface area contributed by atoms with E-state index in [0.29, 0.717) is 35.3 Å². The molecule has 1 spiro atoms. The smallest absolute Gasteiger partial charge is 0.279 e. The van der Waals surface area contributed by atoms with E-state index in [0.717, 1.165) is 22.2 Å². The van der Waals surface area contributed by atoms with Gasteiger partial charge in [0.1, 0.15) is 0 Å². The van der Waals surface area contributed by atoms with E-state index in [1.54, 1.807) is 29.0 Å². The molecule has 11 heteroatoms. The van der Waals surface area contributed by atoms with Crippen LogP contribution in [0.2, 0.25) is 18.6 Å². The van der Waals surface area contributed by atoms with E-state index < -0.39 is 37.6 Å². The fourth-order valence-corrected chi connectivity index (χ4v) is 11.4. The van der Waals surface area contributed by atoms with Crippen LogP contribution >= 0.6 is 0 Å². The molecule has 9 nitrogen and oxygen atoms in total. The monoisotopic (exact) mass is 704 g/mol. The van der Waals surface area contributed by atoms with Crippen LogP contribution < -0.4 is 10.5 Å². The molecule has 1 fully saturated rings. The number of anilines is 1. The van der Waals surface area contributed by atoms with Gasteiger partial charge >= 0.3 is 0 Å². The number of halogens is 1. The molecule has 5 atom stereocenters. The minimum atomic E-state index is -3.51. The third-order valence-corrected chi connectivity index (χ3v) is 13.7. The molecule has 0 bridgehead atoms. The van der Waals surface area contributed by atoms with Crippen molar-refractivity contribution < 1.29 is 23.5 Å². The molecule has 0 radical (unpaired) electrons. The number of aliphatic hydroxyl groups is 1. The highest BCUT2D eigenvalue weighted by Gasteiger charge is 2.67. The zero-order chi connectivity index (χ0) is 35.7. The summed E-state index contributed by atoms with van der Waals surface area (Å²) in [6.07, 6.45) is -0.384. The first-order chi connectivity index (χ1) is 24.5. The second-order valence-corrected chi connectivity index (χ2v) is 18.5. The van der Waals surface area contributed by atoms with E-state index in [4.69, 9.17) is 4.74 Å². The summed E-state index contributed by atoms with van der Waals surface area (Å²) in [7, 11) is -3.51. The van der Waals surface area contributed by atoms with Crippen molar-refractivity contribution in [3.05, 3.63) is 130 Å². The van der Waals surface area contributed by atoms with E-state index in [9.17, 15) is 19.5 Å². The van der Waals surface area contributed by atoms with Crippen LogP contribution in [-0.4, -0.2) is 58.8 Å². The topological polar surface area (TPSA) is 108 Å². The number of carbonyl (C=O) groups excluding carboxylic acids is 2. The van der Waals surface area contributed by atoms with Crippen molar-refractivity contribution in [2.75, 3.05) is 11.5 Å². The van der Waals surface area contributed by atoms with Crippen LogP contribution in [0.1, 0.15) is 35.6 Å². The zero-order valence-electron chi connectivity index (χ0n) is 28.9. The fraction of sp³-hybridized carbons (Fsp3) is 0.325. The molecule has 51 heavy (non-hydrogen) atoms. The number of rotatable bonds is 7. The van der Waals surface area contributed by atoms with Crippen molar-refractivity contribution in [1.82, 2.24) is 14.7 Å². The summed E-state index contributed by atoms with van der Waals surface area (Å²) >= 11 is 0. The third-order valence-electron chi connectivity index (χ3n) is 11.2. The van der Waals surface area contributed by atoms with Gasteiger partial charge in [-0.15, -0.1) is 0 Å². The first-order valence-corrected chi connectivity index (χ1v) is 20.5. The lowest BCUT2D eigenvalue weighted by atomic mass is 9.82. The number of benzene rings is 4. The van der Waals surface area contributed by atoms with Crippen LogP contribution in [0.15, 0.2) is 102 Å². The second-order valence-electron chi connectivity index (χ2n) is 14.7. The number of para-hydroxylation sites is 2. The maximum atomic E-state index is 16.5. The lowest BCUT2D eigenvalue weighted by Gasteiger charge is -2.37. The molecule has 4 heterocycles. The Kier molecular flexibility index (Phi) is 8.12. The Morgan fingerprint density at radius 2 is 1.71 bits per heavy atom. The SMILES string of the molecule is C[C@@H]1[C@@H]([Si](C)(C)F)[C@H](CC(=O)N2Cc3ccccc3C[C@H]2CO)O[C@@]12C(=O)N(Cc1cccc(-n3[nH]c4ccccc4c3=O)c1)c1ccccc12. The quantitative estimate of drug-likeness (QED) is 0.160. The number of carbonyl (C=O) groups is 2. The van der Waals surface area contributed by atoms with E-state index in [1.165, 1.54) is 4.68 Å². The number of aromatic amines is 1. The zero-order valence-corrected chi connectivity index (χ0v) is 29.9. The minimum absolute atomic E-state index is 0.0908. The van der Waals surface area contributed by atoms with Gasteiger partial charge in [0.15, 0.2) is 5.60 Å². The Labute approximate surface area is 296 Å². The van der Waals surface area contributed by atoms with Gasteiger partial charge < -0.3 is 23.8 Å². The van der Waals surface area contributed by atoms with Crippen LogP contribution in [0.3, 0.4) is 0 Å². The molecular weight excluding hydrogens is 664 g/mol. The summed E-state index contributed by atoms with van der Waals surface area (Å²) in [6, 6.07) is 29.8. The number of aliphatic hydroxyl groups excluding tert-OH is 1. The minimum Gasteiger partial charge on any atom is -0.394 e. The molecule has 3 aliphatic heterocycles. The highest BCUT2D eigenvalue weighted by atomic mass is 28.4. The molecule has 262 valence electrons. The van der Waals surface area contributed by atoms with Crippen LogP contribution in [0.25, 0.3) is 16.6 Å². The molecule has 5 aromatic rings. The molecule has 8 rings (SSSR count). The molecule has 0 unspecified atom stereocenters. The standard InChI is InChI=1S/C40H41FN4O5Si/c1-25-37(51(2,3)41)35(21-36(47)43-23-28-13-5-4-12-27(28)20-30(43)24-46)50-40(25)32-16-7-9-18-34(32)44(39(40)49)22-26-11-10-14-29(19-26)45-38(48)31-15-6-8-17-33(31)42-45/h4-19,25,30,35,37,42,46H,20-24H2,1-3H3/t25-,30+,35+,37-,40+/m1/s1. The number of amides is 2. The van der Waals surface area contributed by atoms with Gasteiger partial charge in [0.05, 0.1) is 54.0 Å². The number of ether oxygens (including phenoxy) is 1. The van der Waals surface area contributed by atoms with Gasteiger partial charge in [-0.1, -0.05) is 73.7 Å². The average Bonchev–Trinajstić information content (AvgIpc) is 3.71. The molecule has 3 aliphatic rings. The van der Waals surface area contributed by atoms with Crippen molar-refractivity contribution in [2.45, 2.75) is 69.2 Å². The van der Waals surface area contributed by atoms with Gasteiger partial charge in [0.25, 0.3) is 11.5 Å². The van der Waals surface area contributed by atoms with Gasteiger partial charge in [0.2, 0.25) is 14.3 Å². The number of hydrogen-bond acceptors (Lipinski definition) is 5. The third kappa shape index (κ3) is 5.37. The van der Waals surface area contributed by atoms with Crippen molar-refractivity contribution in [1.29, 1.82) is 0 Å². The first kappa shape index (κ1) is 33.3. The molecule has 1 aromatic heterocycles. The lowest BCUT2D eigenvalue weighted by Crippen LogP contribution is -2.48. The van der Waals surface area contributed by atoms with Crippen molar-refractivity contribution >= 4 is 36.8 Å². The average molecular weight is 705 g/mol. The number of nitrogens with one attached hydrogen (secondary N) is 1. The number of hydrogen-bond donors (Lipinski definition) is 2. The summed E-state index contributed by atoms with van der Waals surface area (Å²) < 4.78 is 24.8. The van der Waals surface area contributed by atoms with Crippen molar-refractivity contribution in [3.8, 4) is 5.69 Å². The predicted molar refractivity (Wildman–Crippen MR) is 196 cm³/mol. The number of H-pyrrole nitrogens is 1. The Morgan fingerprint density at radius 1 is 0.980 bits per heavy atom. The van der Waals surface area contributed by atoms with Crippen molar-refractivity contribution in [3.63, 3.8) is 0 Å². The molecular formula is C40H41FN4O5Si. The van der Waals surface area contributed by atoms with Crippen LogP contribution in [0.4, 0.5) is 9.80 Å². The maximum absolute atomic E-state index is 16.5. The summed E-state index contributed by atoms with van der Waals surface area (Å²) in [5, 5.41) is 14.0. The Hall–Kier alpha value is -4.84. The first-order valence-electron chi connectivity index (χ1n) is 17.6. The van der Waals surface area contributed by atoms with Gasteiger partial charge in [-0.25, -0.2) is 4.68 Å². The predicted octanol–water partition coefficient (Wildman–Crippen LogP) is 5.98. The molecule has 2 amide bonds. The fourth-order valence-electron chi connectivity index (χ4n) is 8.91. The van der Waals surface area contributed by atoms with Crippen LogP contribution in [-0.2, 0) is 39.4 Å². The molecule has 0 saturated carbocycles. The van der Waals surface area contributed by atoms with E-state index >= 15 is 4.11 Å². The molecule has 0 aliphatic carbocycles. The largest absolute Gasteiger partial charge is 0.394 e. The van der Waals surface area contributed by atoms with Crippen LogP contribution in [0.5, 0.6) is 0 Å². The van der Waals surface area contributed by atoms with Gasteiger partial charge in [-0.3, -0.25) is 19.5 Å². The number of nitrogens with zero attached hydrogens (tertiary/aromatic N) is 3. The number of aromatic nitrogens is 2. The lowest BCUT2D eigenvalue weighted by molar-refractivity contribution is -0.151. The maximum Gasteiger partial charge on any atom is 0.279 e. The summed E-state index contributed by atoms with van der Waals surface area (Å²) in [5.41, 5.74) is 3.37. The van der Waals surface area contributed by atoms with E-state index in [1.807, 2.05) is 97.9 Å². The highest BCUT2D eigenvalue weighted by Crippen LogP contribution is 2.60. The summed E-state index contributed by atoms with van der Waals surface area (Å²) in [5.74, 6) is -1.06. The summed E-state index contributed by atoms with van der Waals surface area (Å²) in [4.78, 5) is 45.5. The molecule has 1 saturated heterocycles. The van der Waals surface area contributed by atoms with Gasteiger partial charge in [-0.05, 0) is 66.5 Å². The molecule has 2 N–H and O–H groups in total. The van der Waals surface area contributed by atoms with E-state index in [2.05, 4.69) is 5.10 Å². The molecule has 4 aromatic carbocycles. The van der Waals surface area contributed by atoms with Gasteiger partial charge in [-0.2, -0.15) is 0 Å². The second kappa shape index (κ2) is 12.4. The Balaban J connectivity index is 1.11. The van der Waals surface area contributed by atoms with Crippen LogP contribution in [0, 0.1) is 5.92 Å². The highest BCUT2D eigenvalue weighted by molar-refractivity contribution is 6.72. The number of fused-ring (bicyclic) bond motifs is 4. The normalized spacial score (nSPS) is 24.4. The van der Waals surface area contributed by atoms with E-state index in [-0.39, 0.29) is 36.9 Å². The Morgan fingerprint density at radius 3 is 2.47 bits per heavy atom. The summed E-state index contributed by atoms with van der Waals surface area (Å²) in [6.45, 7) is 5.51.